The van der Waals surface area contributed by atoms with Crippen LogP contribution in [0.4, 0.5) is 4.39 Å². The first-order valence-corrected chi connectivity index (χ1v) is 10.5. The molecular formula is C24H28ClFN4O. The number of piperidine rings is 1. The Hall–Kier alpha value is -2.57. The standard InChI is InChI=1S/C24H27FN4O.ClH/c1-18-17-23(28-24(27-18)21-3-5-22(25)6-4-21)30-16-2-13-29-14-9-20(10-15-29)19-7-11-26-12-8-19;/h3-8,11-12,17,20H,2,9-10,13-16H2,1H3;1H. The zero-order chi connectivity index (χ0) is 20.8. The fourth-order valence-electron chi connectivity index (χ4n) is 3.93. The Bertz CT molecular complexity index is 948. The Labute approximate surface area is 189 Å². The summed E-state index contributed by atoms with van der Waals surface area (Å²) in [5.74, 6) is 1.50. The molecular weight excluding hydrogens is 415 g/mol. The molecule has 0 spiro atoms. The van der Waals surface area contributed by atoms with Gasteiger partial charge in [-0.2, -0.15) is 4.98 Å². The molecule has 0 saturated carbocycles. The molecule has 4 rings (SSSR count). The van der Waals surface area contributed by atoms with Gasteiger partial charge in [-0.1, -0.05) is 0 Å². The number of ether oxygens (including phenoxy) is 1. The highest BCUT2D eigenvalue weighted by Crippen LogP contribution is 2.27. The van der Waals surface area contributed by atoms with Crippen LogP contribution in [0.15, 0.2) is 54.9 Å². The zero-order valence-electron chi connectivity index (χ0n) is 17.7. The van der Waals surface area contributed by atoms with Gasteiger partial charge in [0.1, 0.15) is 5.82 Å². The van der Waals surface area contributed by atoms with Gasteiger partial charge in [0, 0.05) is 36.3 Å². The van der Waals surface area contributed by atoms with Gasteiger partial charge in [0.05, 0.1) is 6.61 Å². The van der Waals surface area contributed by atoms with Crippen molar-refractivity contribution in [1.82, 2.24) is 19.9 Å². The van der Waals surface area contributed by atoms with Crippen molar-refractivity contribution in [3.05, 3.63) is 71.9 Å². The molecule has 1 aliphatic rings. The lowest BCUT2D eigenvalue weighted by molar-refractivity contribution is 0.191. The Morgan fingerprint density at radius 2 is 1.74 bits per heavy atom. The molecule has 1 fully saturated rings. The summed E-state index contributed by atoms with van der Waals surface area (Å²) in [4.78, 5) is 15.6. The first kappa shape index (κ1) is 23.1. The van der Waals surface area contributed by atoms with Crippen LogP contribution in [0.5, 0.6) is 5.88 Å². The molecule has 31 heavy (non-hydrogen) atoms. The quantitative estimate of drug-likeness (QED) is 0.479. The van der Waals surface area contributed by atoms with E-state index in [0.717, 1.165) is 37.3 Å². The minimum atomic E-state index is -0.271. The number of aromatic nitrogens is 3. The molecule has 1 aliphatic heterocycles. The van der Waals surface area contributed by atoms with Gasteiger partial charge in [-0.25, -0.2) is 9.37 Å². The maximum Gasteiger partial charge on any atom is 0.217 e. The van der Waals surface area contributed by atoms with Crippen molar-refractivity contribution in [1.29, 1.82) is 0 Å². The molecule has 1 saturated heterocycles. The second-order valence-electron chi connectivity index (χ2n) is 7.78. The lowest BCUT2D eigenvalue weighted by atomic mass is 9.90. The molecule has 2 aromatic heterocycles. The predicted molar refractivity (Wildman–Crippen MR) is 122 cm³/mol. The average Bonchev–Trinajstić information content (AvgIpc) is 2.78. The molecule has 7 heteroatoms. The molecule has 0 radical (unpaired) electrons. The Balaban J connectivity index is 0.00000272. The highest BCUT2D eigenvalue weighted by atomic mass is 35.5. The van der Waals surface area contributed by atoms with Gasteiger partial charge in [-0.15, -0.1) is 12.4 Å². The first-order valence-electron chi connectivity index (χ1n) is 10.5. The van der Waals surface area contributed by atoms with Crippen LogP contribution in [0.3, 0.4) is 0 Å². The van der Waals surface area contributed by atoms with Gasteiger partial charge in [-0.05, 0) is 87.2 Å². The molecule has 0 bridgehead atoms. The fraction of sp³-hybridized carbons (Fsp3) is 0.375. The number of rotatable bonds is 7. The van der Waals surface area contributed by atoms with E-state index in [0.29, 0.717) is 24.2 Å². The van der Waals surface area contributed by atoms with Crippen molar-refractivity contribution in [2.75, 3.05) is 26.2 Å². The summed E-state index contributed by atoms with van der Waals surface area (Å²) in [6.45, 7) is 5.79. The predicted octanol–water partition coefficient (Wildman–Crippen LogP) is 5.06. The van der Waals surface area contributed by atoms with E-state index < -0.39 is 0 Å². The number of aryl methyl sites for hydroxylation is 1. The van der Waals surface area contributed by atoms with Crippen LogP contribution in [0, 0.1) is 12.7 Å². The number of nitrogens with zero attached hydrogens (tertiary/aromatic N) is 4. The van der Waals surface area contributed by atoms with Crippen molar-refractivity contribution in [2.24, 2.45) is 0 Å². The van der Waals surface area contributed by atoms with Crippen molar-refractivity contribution in [2.45, 2.75) is 32.1 Å². The van der Waals surface area contributed by atoms with Crippen LogP contribution in [0.2, 0.25) is 0 Å². The smallest absolute Gasteiger partial charge is 0.217 e. The Morgan fingerprint density at radius 3 is 2.45 bits per heavy atom. The van der Waals surface area contributed by atoms with E-state index in [9.17, 15) is 4.39 Å². The molecule has 3 aromatic rings. The SMILES string of the molecule is Cc1cc(OCCCN2CCC(c3ccncc3)CC2)nc(-c2ccc(F)cc2)n1.Cl. The molecule has 0 amide bonds. The van der Waals surface area contributed by atoms with Crippen molar-refractivity contribution < 1.29 is 9.13 Å². The number of likely N-dealkylation sites (tertiary alicyclic amines) is 1. The van der Waals surface area contributed by atoms with Gasteiger partial charge in [0.15, 0.2) is 5.82 Å². The van der Waals surface area contributed by atoms with E-state index >= 15 is 0 Å². The highest BCUT2D eigenvalue weighted by Gasteiger charge is 2.20. The molecule has 0 unspecified atom stereocenters. The lowest BCUT2D eigenvalue weighted by Crippen LogP contribution is -2.34. The van der Waals surface area contributed by atoms with Crippen molar-refractivity contribution in [3.63, 3.8) is 0 Å². The molecule has 0 aliphatic carbocycles. The summed E-state index contributed by atoms with van der Waals surface area (Å²) >= 11 is 0. The van der Waals surface area contributed by atoms with Crippen LogP contribution in [0.1, 0.15) is 36.4 Å². The van der Waals surface area contributed by atoms with Crippen LogP contribution in [-0.4, -0.2) is 46.1 Å². The summed E-state index contributed by atoms with van der Waals surface area (Å²) < 4.78 is 19.1. The summed E-state index contributed by atoms with van der Waals surface area (Å²) in [6.07, 6.45) is 7.10. The molecule has 0 atom stereocenters. The van der Waals surface area contributed by atoms with E-state index in [1.165, 1.54) is 30.5 Å². The minimum Gasteiger partial charge on any atom is -0.478 e. The third-order valence-electron chi connectivity index (χ3n) is 5.57. The number of pyridine rings is 1. The Morgan fingerprint density at radius 1 is 1.03 bits per heavy atom. The second-order valence-corrected chi connectivity index (χ2v) is 7.78. The Kier molecular flexibility index (Phi) is 8.32. The molecule has 164 valence electrons. The number of hydrogen-bond acceptors (Lipinski definition) is 5. The zero-order valence-corrected chi connectivity index (χ0v) is 18.5. The summed E-state index contributed by atoms with van der Waals surface area (Å²) in [7, 11) is 0. The maximum atomic E-state index is 13.2. The number of halogens is 2. The van der Waals surface area contributed by atoms with Crippen LogP contribution >= 0.6 is 12.4 Å². The normalized spacial score (nSPS) is 14.8. The van der Waals surface area contributed by atoms with Gasteiger partial charge in [-0.3, -0.25) is 4.98 Å². The van der Waals surface area contributed by atoms with Gasteiger partial charge >= 0.3 is 0 Å². The summed E-state index contributed by atoms with van der Waals surface area (Å²) in [5.41, 5.74) is 3.02. The van der Waals surface area contributed by atoms with Crippen LogP contribution < -0.4 is 4.74 Å². The van der Waals surface area contributed by atoms with E-state index in [2.05, 4.69) is 32.0 Å². The van der Waals surface area contributed by atoms with E-state index in [1.807, 2.05) is 25.4 Å². The average molecular weight is 443 g/mol. The molecule has 0 N–H and O–H groups in total. The number of benzene rings is 1. The van der Waals surface area contributed by atoms with E-state index in [4.69, 9.17) is 4.74 Å². The maximum absolute atomic E-state index is 13.2. The van der Waals surface area contributed by atoms with E-state index in [1.54, 1.807) is 12.1 Å². The van der Waals surface area contributed by atoms with Crippen LogP contribution in [0.25, 0.3) is 11.4 Å². The van der Waals surface area contributed by atoms with Gasteiger partial charge in [0.25, 0.3) is 0 Å². The van der Waals surface area contributed by atoms with Crippen molar-refractivity contribution in [3.8, 4) is 17.3 Å². The second kappa shape index (κ2) is 11.2. The fourth-order valence-corrected chi connectivity index (χ4v) is 3.93. The third kappa shape index (κ3) is 6.45. The van der Waals surface area contributed by atoms with Gasteiger partial charge in [0.2, 0.25) is 5.88 Å². The van der Waals surface area contributed by atoms with Crippen LogP contribution in [-0.2, 0) is 0 Å². The van der Waals surface area contributed by atoms with Gasteiger partial charge < -0.3 is 9.64 Å². The molecule has 5 nitrogen and oxygen atoms in total. The molecule has 1 aromatic carbocycles. The highest BCUT2D eigenvalue weighted by molar-refractivity contribution is 5.85. The first-order chi connectivity index (χ1) is 14.7. The van der Waals surface area contributed by atoms with E-state index in [-0.39, 0.29) is 18.2 Å². The third-order valence-corrected chi connectivity index (χ3v) is 5.57. The monoisotopic (exact) mass is 442 g/mol. The largest absolute Gasteiger partial charge is 0.478 e. The topological polar surface area (TPSA) is 51.1 Å². The summed E-state index contributed by atoms with van der Waals surface area (Å²) in [6, 6.07) is 12.3. The minimum absolute atomic E-state index is 0. The molecule has 3 heterocycles. The number of hydrogen-bond donors (Lipinski definition) is 0. The van der Waals surface area contributed by atoms with Crippen molar-refractivity contribution >= 4 is 12.4 Å². The lowest BCUT2D eigenvalue weighted by Gasteiger charge is -2.32. The summed E-state index contributed by atoms with van der Waals surface area (Å²) in [5, 5.41) is 0.